The first-order chi connectivity index (χ1) is 4.20. The number of benzene rings is 1. The van der Waals surface area contributed by atoms with Crippen LogP contribution in [-0.2, 0) is 0 Å². The summed E-state index contributed by atoms with van der Waals surface area (Å²) >= 11 is 0. The largest absolute Gasteiger partial charge is 0.508 e. The van der Waals surface area contributed by atoms with E-state index in [0.29, 0.717) is 5.46 Å². The van der Waals surface area contributed by atoms with E-state index in [1.165, 1.54) is 18.2 Å². The number of rotatable bonds is 0. The fourth-order valence-electron chi connectivity index (χ4n) is 0.629. The van der Waals surface area contributed by atoms with Crippen molar-refractivity contribution in [3.63, 3.8) is 0 Å². The molecular formula is C6H6BFO. The molecule has 0 saturated heterocycles. The van der Waals surface area contributed by atoms with Crippen LogP contribution in [0.3, 0.4) is 0 Å². The van der Waals surface area contributed by atoms with Gasteiger partial charge in [0.05, 0.1) is 0 Å². The Bertz CT molecular complexity index is 224. The summed E-state index contributed by atoms with van der Waals surface area (Å²) in [5, 5.41) is 8.77. The van der Waals surface area contributed by atoms with Gasteiger partial charge in [-0.15, -0.1) is 0 Å². The molecule has 1 rings (SSSR count). The van der Waals surface area contributed by atoms with Crippen molar-refractivity contribution in [3.05, 3.63) is 24.0 Å². The van der Waals surface area contributed by atoms with E-state index in [2.05, 4.69) is 0 Å². The molecule has 0 aliphatic rings. The Balaban J connectivity index is 3.17. The lowest BCUT2D eigenvalue weighted by Crippen LogP contribution is -2.06. The summed E-state index contributed by atoms with van der Waals surface area (Å²) in [7, 11) is 1.61. The van der Waals surface area contributed by atoms with Crippen LogP contribution in [0.15, 0.2) is 18.2 Å². The average Bonchev–Trinajstić information content (AvgIpc) is 1.80. The monoisotopic (exact) mass is 124 g/mol. The third-order valence-electron chi connectivity index (χ3n) is 1.14. The minimum absolute atomic E-state index is 0.105. The van der Waals surface area contributed by atoms with E-state index < -0.39 is 0 Å². The maximum absolute atomic E-state index is 12.4. The lowest BCUT2D eigenvalue weighted by atomic mass is 9.96. The first kappa shape index (κ1) is 6.14. The summed E-state index contributed by atoms with van der Waals surface area (Å²) in [5.41, 5.74) is 0.468. The van der Waals surface area contributed by atoms with Crippen LogP contribution in [0.4, 0.5) is 4.39 Å². The molecule has 3 heteroatoms. The Labute approximate surface area is 53.5 Å². The zero-order valence-corrected chi connectivity index (χ0v) is 5.06. The fraction of sp³-hybridized carbons (Fsp3) is 0. The second kappa shape index (κ2) is 2.09. The molecule has 9 heavy (non-hydrogen) atoms. The van der Waals surface area contributed by atoms with Crippen LogP contribution >= 0.6 is 0 Å². The number of hydrogen-bond donors (Lipinski definition) is 1. The van der Waals surface area contributed by atoms with E-state index >= 15 is 0 Å². The van der Waals surface area contributed by atoms with Crippen LogP contribution in [0.25, 0.3) is 0 Å². The number of halogens is 1. The highest BCUT2D eigenvalue weighted by atomic mass is 19.1. The van der Waals surface area contributed by atoms with Crippen LogP contribution in [0.5, 0.6) is 5.75 Å². The van der Waals surface area contributed by atoms with Crippen LogP contribution in [-0.4, -0.2) is 13.0 Å². The highest BCUT2D eigenvalue weighted by molar-refractivity contribution is 6.32. The number of aromatic hydroxyl groups is 1. The van der Waals surface area contributed by atoms with Crippen LogP contribution in [0, 0.1) is 5.82 Å². The van der Waals surface area contributed by atoms with E-state index in [4.69, 9.17) is 5.11 Å². The quantitative estimate of drug-likeness (QED) is 0.474. The van der Waals surface area contributed by atoms with Crippen molar-refractivity contribution in [1.29, 1.82) is 0 Å². The minimum atomic E-state index is -0.284. The van der Waals surface area contributed by atoms with Gasteiger partial charge in [-0.3, -0.25) is 0 Å². The van der Waals surface area contributed by atoms with Crippen molar-refractivity contribution in [2.75, 3.05) is 0 Å². The highest BCUT2D eigenvalue weighted by Gasteiger charge is 1.94. The van der Waals surface area contributed by atoms with Crippen LogP contribution < -0.4 is 5.46 Å². The molecule has 0 bridgehead atoms. The summed E-state index contributed by atoms with van der Waals surface area (Å²) in [6, 6.07) is 3.95. The van der Waals surface area contributed by atoms with Gasteiger partial charge in [0.15, 0.2) is 0 Å². The van der Waals surface area contributed by atoms with Crippen molar-refractivity contribution < 1.29 is 9.50 Å². The molecule has 0 unspecified atom stereocenters. The van der Waals surface area contributed by atoms with Gasteiger partial charge >= 0.3 is 0 Å². The Kier molecular flexibility index (Phi) is 1.43. The zero-order valence-electron chi connectivity index (χ0n) is 5.06. The number of phenols is 1. The van der Waals surface area contributed by atoms with E-state index in [-0.39, 0.29) is 11.6 Å². The van der Waals surface area contributed by atoms with E-state index in [9.17, 15) is 4.39 Å². The van der Waals surface area contributed by atoms with Crippen LogP contribution in [0.1, 0.15) is 0 Å². The van der Waals surface area contributed by atoms with Gasteiger partial charge in [0.1, 0.15) is 19.4 Å². The molecule has 1 N–H and O–H groups in total. The first-order valence-electron chi connectivity index (χ1n) is 2.65. The highest BCUT2D eigenvalue weighted by Crippen LogP contribution is 2.04. The van der Waals surface area contributed by atoms with E-state index in [1.807, 2.05) is 0 Å². The summed E-state index contributed by atoms with van der Waals surface area (Å²) < 4.78 is 12.4. The summed E-state index contributed by atoms with van der Waals surface area (Å²) in [4.78, 5) is 0. The summed E-state index contributed by atoms with van der Waals surface area (Å²) in [5.74, 6) is -0.179. The van der Waals surface area contributed by atoms with Crippen molar-refractivity contribution in [2.45, 2.75) is 0 Å². The standard InChI is InChI=1S/C6H6BFO/c7-5-3-4(9)1-2-6(5)8/h1-3,9H,7H2. The third-order valence-corrected chi connectivity index (χ3v) is 1.14. The molecule has 0 aliphatic carbocycles. The van der Waals surface area contributed by atoms with Gasteiger partial charge in [0, 0.05) is 0 Å². The summed E-state index contributed by atoms with van der Waals surface area (Å²) in [6.45, 7) is 0. The molecule has 0 atom stereocenters. The lowest BCUT2D eigenvalue weighted by Gasteiger charge is -1.94. The first-order valence-corrected chi connectivity index (χ1v) is 2.65. The van der Waals surface area contributed by atoms with Crippen molar-refractivity contribution in [1.82, 2.24) is 0 Å². The normalized spacial score (nSPS) is 9.44. The predicted molar refractivity (Wildman–Crippen MR) is 36.2 cm³/mol. The Hall–Kier alpha value is -0.985. The molecule has 1 aromatic carbocycles. The van der Waals surface area contributed by atoms with Gasteiger partial charge in [-0.25, -0.2) is 4.39 Å². The second-order valence-corrected chi connectivity index (χ2v) is 1.93. The molecule has 0 spiro atoms. The molecule has 0 heterocycles. The van der Waals surface area contributed by atoms with Gasteiger partial charge in [-0.1, -0.05) is 5.46 Å². The Morgan fingerprint density at radius 2 is 2.11 bits per heavy atom. The molecule has 0 aromatic heterocycles. The maximum atomic E-state index is 12.4. The fourth-order valence-corrected chi connectivity index (χ4v) is 0.629. The molecule has 0 aliphatic heterocycles. The van der Waals surface area contributed by atoms with Crippen molar-refractivity contribution >= 4 is 13.3 Å². The van der Waals surface area contributed by atoms with Gasteiger partial charge in [0.25, 0.3) is 0 Å². The third kappa shape index (κ3) is 1.22. The molecular weight excluding hydrogens is 118 g/mol. The lowest BCUT2D eigenvalue weighted by molar-refractivity contribution is 0.474. The predicted octanol–water partition coefficient (Wildman–Crippen LogP) is -0.210. The summed E-state index contributed by atoms with van der Waals surface area (Å²) in [6.07, 6.45) is 0. The SMILES string of the molecule is Bc1cc(O)ccc1F. The van der Waals surface area contributed by atoms with Gasteiger partial charge < -0.3 is 5.11 Å². The van der Waals surface area contributed by atoms with Crippen molar-refractivity contribution in [3.8, 4) is 5.75 Å². The van der Waals surface area contributed by atoms with Crippen molar-refractivity contribution in [2.24, 2.45) is 0 Å². The zero-order chi connectivity index (χ0) is 6.85. The molecule has 1 nitrogen and oxygen atoms in total. The number of phenolic OH excluding ortho intramolecular Hbond substituents is 1. The van der Waals surface area contributed by atoms with Gasteiger partial charge in [-0.2, -0.15) is 0 Å². The molecule has 0 radical (unpaired) electrons. The minimum Gasteiger partial charge on any atom is -0.508 e. The molecule has 0 amide bonds. The Morgan fingerprint density at radius 1 is 1.44 bits per heavy atom. The topological polar surface area (TPSA) is 20.2 Å². The van der Waals surface area contributed by atoms with Crippen LogP contribution in [0.2, 0.25) is 0 Å². The maximum Gasteiger partial charge on any atom is 0.143 e. The van der Waals surface area contributed by atoms with Gasteiger partial charge in [-0.05, 0) is 18.2 Å². The molecule has 0 saturated carbocycles. The smallest absolute Gasteiger partial charge is 0.143 e. The molecule has 46 valence electrons. The van der Waals surface area contributed by atoms with E-state index in [1.54, 1.807) is 7.85 Å². The average molecular weight is 124 g/mol. The molecule has 1 aromatic rings. The Morgan fingerprint density at radius 3 is 2.56 bits per heavy atom. The second-order valence-electron chi connectivity index (χ2n) is 1.93. The molecule has 0 fully saturated rings. The van der Waals surface area contributed by atoms with E-state index in [0.717, 1.165) is 0 Å². The van der Waals surface area contributed by atoms with Gasteiger partial charge in [0.2, 0.25) is 0 Å². The number of hydrogen-bond acceptors (Lipinski definition) is 1.